The van der Waals surface area contributed by atoms with E-state index < -0.39 is 0 Å². The van der Waals surface area contributed by atoms with Crippen LogP contribution in [0.3, 0.4) is 0 Å². The number of anilines is 1. The topological polar surface area (TPSA) is 20.3 Å². The van der Waals surface area contributed by atoms with E-state index >= 15 is 0 Å². The van der Waals surface area contributed by atoms with E-state index in [1.165, 1.54) is 0 Å². The van der Waals surface area contributed by atoms with Crippen LogP contribution in [-0.4, -0.2) is 20.9 Å². The van der Waals surface area contributed by atoms with E-state index in [9.17, 15) is 4.79 Å². The van der Waals surface area contributed by atoms with Gasteiger partial charge in [0.15, 0.2) is 0 Å². The van der Waals surface area contributed by atoms with Gasteiger partial charge < -0.3 is 4.90 Å². The van der Waals surface area contributed by atoms with Crippen molar-refractivity contribution in [3.63, 3.8) is 0 Å². The van der Waals surface area contributed by atoms with Gasteiger partial charge in [0.25, 0.3) is 0 Å². The second-order valence-corrected chi connectivity index (χ2v) is 6.66. The number of hydrogen-bond acceptors (Lipinski definition) is 3. The lowest BCUT2D eigenvalue weighted by Gasteiger charge is -2.34. The molecule has 1 saturated carbocycles. The molecular formula is C13H13NOS2. The Labute approximate surface area is 110 Å². The van der Waals surface area contributed by atoms with Gasteiger partial charge in [-0.25, -0.2) is 0 Å². The first-order valence-corrected chi connectivity index (χ1v) is 6.98. The summed E-state index contributed by atoms with van der Waals surface area (Å²) < 4.78 is 0.899. The van der Waals surface area contributed by atoms with Crippen LogP contribution in [0.1, 0.15) is 19.8 Å². The van der Waals surface area contributed by atoms with Crippen LogP contribution in [0.5, 0.6) is 0 Å². The van der Waals surface area contributed by atoms with Gasteiger partial charge in [-0.1, -0.05) is 42.2 Å². The lowest BCUT2D eigenvalue weighted by atomic mass is 9.97. The third-order valence-electron chi connectivity index (χ3n) is 3.61. The Morgan fingerprint density at radius 1 is 1.41 bits per heavy atom. The zero-order valence-corrected chi connectivity index (χ0v) is 11.2. The normalized spacial score (nSPS) is 32.1. The average molecular weight is 263 g/mol. The Bertz CT molecular complexity index is 487. The molecule has 0 unspecified atom stereocenters. The zero-order valence-electron chi connectivity index (χ0n) is 9.55. The molecule has 1 aliphatic heterocycles. The van der Waals surface area contributed by atoms with Gasteiger partial charge in [0.05, 0.1) is 5.54 Å². The van der Waals surface area contributed by atoms with Crippen LogP contribution in [0.15, 0.2) is 30.3 Å². The monoisotopic (exact) mass is 263 g/mol. The van der Waals surface area contributed by atoms with E-state index in [-0.39, 0.29) is 5.54 Å². The number of Topliss-reactive ketones (excluding diaryl/α,β-unsaturated/α-hetero) is 1. The molecule has 1 aliphatic carbocycles. The number of fused-ring (bicyclic) bond motifs is 1. The van der Waals surface area contributed by atoms with Crippen molar-refractivity contribution in [1.29, 1.82) is 0 Å². The SMILES string of the molecule is C[C@]12CC(=O)C[C@H]1SC(=S)N2c1ccccc1. The second kappa shape index (κ2) is 3.82. The van der Waals surface area contributed by atoms with Crippen LogP contribution in [0.25, 0.3) is 0 Å². The Morgan fingerprint density at radius 2 is 2.12 bits per heavy atom. The van der Waals surface area contributed by atoms with Crippen LogP contribution in [0.2, 0.25) is 0 Å². The number of hydrogen-bond donors (Lipinski definition) is 0. The molecule has 0 radical (unpaired) electrons. The highest BCUT2D eigenvalue weighted by atomic mass is 32.2. The number of carbonyl (C=O) groups is 1. The number of ketones is 1. The molecule has 2 aliphatic rings. The van der Waals surface area contributed by atoms with Crippen LogP contribution in [-0.2, 0) is 4.79 Å². The number of para-hydroxylation sites is 1. The highest BCUT2D eigenvalue weighted by Gasteiger charge is 2.54. The Hall–Kier alpha value is -0.870. The van der Waals surface area contributed by atoms with Crippen LogP contribution in [0.4, 0.5) is 5.69 Å². The standard InChI is InChI=1S/C13H13NOS2/c1-13-8-10(15)7-11(13)17-12(16)14(13)9-5-3-2-4-6-9/h2-6,11H,7-8H2,1H3/t11-,13+/m1/s1. The lowest BCUT2D eigenvalue weighted by Crippen LogP contribution is -2.46. The maximum atomic E-state index is 11.7. The van der Waals surface area contributed by atoms with Gasteiger partial charge in [0, 0.05) is 23.8 Å². The van der Waals surface area contributed by atoms with Crippen molar-refractivity contribution in [3.05, 3.63) is 30.3 Å². The minimum absolute atomic E-state index is 0.125. The fraction of sp³-hybridized carbons (Fsp3) is 0.385. The maximum absolute atomic E-state index is 11.7. The third-order valence-corrected chi connectivity index (χ3v) is 5.43. The first-order chi connectivity index (χ1) is 8.11. The van der Waals surface area contributed by atoms with E-state index in [1.807, 2.05) is 18.2 Å². The number of thioether (sulfide) groups is 1. The summed E-state index contributed by atoms with van der Waals surface area (Å²) in [6.07, 6.45) is 1.27. The van der Waals surface area contributed by atoms with Gasteiger partial charge in [-0.15, -0.1) is 0 Å². The molecule has 0 N–H and O–H groups in total. The fourth-order valence-electron chi connectivity index (χ4n) is 2.76. The number of benzene rings is 1. The molecule has 0 spiro atoms. The summed E-state index contributed by atoms with van der Waals surface area (Å²) in [6, 6.07) is 10.1. The van der Waals surface area contributed by atoms with Crippen molar-refractivity contribution in [2.45, 2.75) is 30.6 Å². The van der Waals surface area contributed by atoms with Crippen molar-refractivity contribution in [1.82, 2.24) is 0 Å². The number of carbonyl (C=O) groups excluding carboxylic acids is 1. The minimum Gasteiger partial charge on any atom is -0.320 e. The molecule has 4 heteroatoms. The highest BCUT2D eigenvalue weighted by molar-refractivity contribution is 8.24. The van der Waals surface area contributed by atoms with Crippen molar-refractivity contribution in [2.75, 3.05) is 4.90 Å². The van der Waals surface area contributed by atoms with E-state index in [1.54, 1.807) is 11.8 Å². The first-order valence-electron chi connectivity index (χ1n) is 5.69. The van der Waals surface area contributed by atoms with Crippen LogP contribution < -0.4 is 4.90 Å². The van der Waals surface area contributed by atoms with Crippen molar-refractivity contribution in [3.8, 4) is 0 Å². The van der Waals surface area contributed by atoms with E-state index in [4.69, 9.17) is 12.2 Å². The minimum atomic E-state index is -0.125. The molecule has 1 aromatic rings. The number of nitrogens with zero attached hydrogens (tertiary/aromatic N) is 1. The van der Waals surface area contributed by atoms with Gasteiger partial charge in [0.1, 0.15) is 10.1 Å². The largest absolute Gasteiger partial charge is 0.320 e. The van der Waals surface area contributed by atoms with Crippen molar-refractivity contribution in [2.24, 2.45) is 0 Å². The smallest absolute Gasteiger partial charge is 0.141 e. The Kier molecular flexibility index (Phi) is 2.52. The molecule has 0 bridgehead atoms. The fourth-order valence-corrected chi connectivity index (χ4v) is 4.80. The molecule has 2 fully saturated rings. The second-order valence-electron chi connectivity index (χ2n) is 4.82. The molecular weight excluding hydrogens is 250 g/mol. The van der Waals surface area contributed by atoms with E-state index in [0.717, 1.165) is 10.0 Å². The Balaban J connectivity index is 2.04. The molecule has 0 aromatic heterocycles. The third kappa shape index (κ3) is 1.62. The molecule has 1 aromatic carbocycles. The summed E-state index contributed by atoms with van der Waals surface area (Å²) in [5.41, 5.74) is 0.977. The summed E-state index contributed by atoms with van der Waals surface area (Å²) in [5.74, 6) is 0.355. The molecule has 17 heavy (non-hydrogen) atoms. The highest BCUT2D eigenvalue weighted by Crippen LogP contribution is 2.50. The summed E-state index contributed by atoms with van der Waals surface area (Å²) in [4.78, 5) is 13.8. The van der Waals surface area contributed by atoms with Gasteiger partial charge in [-0.2, -0.15) is 0 Å². The molecule has 1 saturated heterocycles. The molecule has 0 amide bonds. The van der Waals surface area contributed by atoms with Crippen LogP contribution >= 0.6 is 24.0 Å². The summed E-state index contributed by atoms with van der Waals surface area (Å²) >= 11 is 7.14. The molecule has 2 nitrogen and oxygen atoms in total. The number of thiocarbonyl (C=S) groups is 1. The average Bonchev–Trinajstić information content (AvgIpc) is 2.67. The molecule has 2 atom stereocenters. The number of rotatable bonds is 1. The first kappa shape index (κ1) is 11.2. The molecule has 3 rings (SSSR count). The summed E-state index contributed by atoms with van der Waals surface area (Å²) in [5, 5.41) is 0.322. The quantitative estimate of drug-likeness (QED) is 0.725. The Morgan fingerprint density at radius 3 is 2.82 bits per heavy atom. The predicted octanol–water partition coefficient (Wildman–Crippen LogP) is 3.01. The maximum Gasteiger partial charge on any atom is 0.141 e. The van der Waals surface area contributed by atoms with Gasteiger partial charge in [-0.05, 0) is 19.1 Å². The van der Waals surface area contributed by atoms with E-state index in [2.05, 4.69) is 24.0 Å². The van der Waals surface area contributed by atoms with Gasteiger partial charge in [-0.3, -0.25) is 4.79 Å². The van der Waals surface area contributed by atoms with Crippen LogP contribution in [0, 0.1) is 0 Å². The van der Waals surface area contributed by atoms with Gasteiger partial charge in [0.2, 0.25) is 0 Å². The molecule has 88 valence electrons. The van der Waals surface area contributed by atoms with Crippen molar-refractivity contribution >= 4 is 39.8 Å². The van der Waals surface area contributed by atoms with E-state index in [0.29, 0.717) is 23.9 Å². The zero-order chi connectivity index (χ0) is 12.0. The predicted molar refractivity (Wildman–Crippen MR) is 75.5 cm³/mol. The van der Waals surface area contributed by atoms with Crippen molar-refractivity contribution < 1.29 is 4.79 Å². The summed E-state index contributed by atoms with van der Waals surface area (Å²) in [7, 11) is 0. The molecule has 1 heterocycles. The van der Waals surface area contributed by atoms with Gasteiger partial charge >= 0.3 is 0 Å². The summed E-state index contributed by atoms with van der Waals surface area (Å²) in [6.45, 7) is 2.15. The lowest BCUT2D eigenvalue weighted by molar-refractivity contribution is -0.117.